The number of rotatable bonds is 2. The molecule has 82 valence electrons. The number of nitrogens with two attached hydrogens (primary N) is 1. The highest BCUT2D eigenvalue weighted by Gasteiger charge is 2.34. The Balaban J connectivity index is 2.67. The molecule has 0 saturated carbocycles. The van der Waals surface area contributed by atoms with Gasteiger partial charge in [-0.1, -0.05) is 6.92 Å². The van der Waals surface area contributed by atoms with E-state index < -0.39 is 5.54 Å². The van der Waals surface area contributed by atoms with Crippen LogP contribution in [0.1, 0.15) is 27.2 Å². The molecule has 0 spiro atoms. The van der Waals surface area contributed by atoms with Crippen LogP contribution in [0.5, 0.6) is 0 Å². The van der Waals surface area contributed by atoms with Gasteiger partial charge < -0.3 is 15.4 Å². The summed E-state index contributed by atoms with van der Waals surface area (Å²) in [4.78, 5) is 13.8. The quantitative estimate of drug-likeness (QED) is 0.700. The predicted octanol–water partition coefficient (Wildman–Crippen LogP) is 0.361. The van der Waals surface area contributed by atoms with Gasteiger partial charge in [-0.05, 0) is 20.3 Å². The van der Waals surface area contributed by atoms with Crippen molar-refractivity contribution in [1.82, 2.24) is 4.90 Å². The average Bonchev–Trinajstić information content (AvgIpc) is 2.17. The lowest BCUT2D eigenvalue weighted by Crippen LogP contribution is -2.58. The highest BCUT2D eigenvalue weighted by molar-refractivity contribution is 5.86. The van der Waals surface area contributed by atoms with Crippen molar-refractivity contribution >= 4 is 5.91 Å². The molecule has 14 heavy (non-hydrogen) atoms. The second-order valence-electron chi connectivity index (χ2n) is 4.19. The van der Waals surface area contributed by atoms with Crippen molar-refractivity contribution in [1.29, 1.82) is 0 Å². The smallest absolute Gasteiger partial charge is 0.242 e. The van der Waals surface area contributed by atoms with E-state index >= 15 is 0 Å². The van der Waals surface area contributed by atoms with Gasteiger partial charge in [-0.15, -0.1) is 0 Å². The Labute approximate surface area is 85.4 Å². The molecule has 0 bridgehead atoms. The summed E-state index contributed by atoms with van der Waals surface area (Å²) in [5, 5.41) is 0. The molecule has 1 aliphatic rings. The summed E-state index contributed by atoms with van der Waals surface area (Å²) in [5.41, 5.74) is 5.19. The van der Waals surface area contributed by atoms with Crippen LogP contribution in [-0.4, -0.2) is 42.1 Å². The lowest BCUT2D eigenvalue weighted by molar-refractivity contribution is -0.144. The molecular formula is C10H20N2O2. The second-order valence-corrected chi connectivity index (χ2v) is 4.19. The molecule has 4 heteroatoms. The molecule has 2 unspecified atom stereocenters. The van der Waals surface area contributed by atoms with Crippen LogP contribution >= 0.6 is 0 Å². The Bertz CT molecular complexity index is 216. The van der Waals surface area contributed by atoms with Crippen molar-refractivity contribution in [2.75, 3.05) is 19.8 Å². The summed E-state index contributed by atoms with van der Waals surface area (Å²) in [7, 11) is 0. The normalized spacial score (nSPS) is 27.1. The third kappa shape index (κ3) is 2.25. The van der Waals surface area contributed by atoms with Gasteiger partial charge >= 0.3 is 0 Å². The molecule has 0 aromatic heterocycles. The van der Waals surface area contributed by atoms with E-state index in [9.17, 15) is 4.79 Å². The zero-order chi connectivity index (χ0) is 10.8. The van der Waals surface area contributed by atoms with E-state index in [1.54, 1.807) is 6.92 Å². The van der Waals surface area contributed by atoms with Crippen LogP contribution in [0, 0.1) is 0 Å². The molecule has 1 fully saturated rings. The van der Waals surface area contributed by atoms with Crippen LogP contribution in [0.2, 0.25) is 0 Å². The van der Waals surface area contributed by atoms with Gasteiger partial charge in [0.05, 0.1) is 24.8 Å². The fraction of sp³-hybridized carbons (Fsp3) is 0.900. The Morgan fingerprint density at radius 2 is 2.36 bits per heavy atom. The number of carbonyl (C=O) groups is 1. The van der Waals surface area contributed by atoms with Crippen molar-refractivity contribution in [3.8, 4) is 0 Å². The third-order valence-electron chi connectivity index (χ3n) is 2.85. The van der Waals surface area contributed by atoms with Gasteiger partial charge in [-0.2, -0.15) is 0 Å². The molecule has 0 radical (unpaired) electrons. The fourth-order valence-electron chi connectivity index (χ4n) is 1.51. The second kappa shape index (κ2) is 4.28. The monoisotopic (exact) mass is 200 g/mol. The molecule has 0 aromatic carbocycles. The van der Waals surface area contributed by atoms with Gasteiger partial charge in [0.25, 0.3) is 0 Å². The molecule has 2 atom stereocenters. The fourth-order valence-corrected chi connectivity index (χ4v) is 1.51. The zero-order valence-electron chi connectivity index (χ0n) is 9.25. The maximum atomic E-state index is 12.0. The first-order valence-electron chi connectivity index (χ1n) is 5.16. The molecule has 1 amide bonds. The van der Waals surface area contributed by atoms with Crippen molar-refractivity contribution in [2.45, 2.75) is 38.8 Å². The average molecular weight is 200 g/mol. The molecule has 1 saturated heterocycles. The van der Waals surface area contributed by atoms with Crippen molar-refractivity contribution < 1.29 is 9.53 Å². The summed E-state index contributed by atoms with van der Waals surface area (Å²) in [5.74, 6) is 0.0378. The van der Waals surface area contributed by atoms with Gasteiger partial charge in [0.1, 0.15) is 0 Å². The van der Waals surface area contributed by atoms with Gasteiger partial charge in [0, 0.05) is 6.54 Å². The molecule has 0 aliphatic carbocycles. The van der Waals surface area contributed by atoms with Crippen LogP contribution < -0.4 is 5.73 Å². The van der Waals surface area contributed by atoms with Crippen LogP contribution in [0.3, 0.4) is 0 Å². The minimum atomic E-state index is -0.731. The first kappa shape index (κ1) is 11.5. The highest BCUT2D eigenvalue weighted by atomic mass is 16.5. The zero-order valence-corrected chi connectivity index (χ0v) is 9.25. The number of nitrogens with zero attached hydrogens (tertiary/aromatic N) is 1. The minimum Gasteiger partial charge on any atom is -0.377 e. The Kier molecular flexibility index (Phi) is 3.50. The van der Waals surface area contributed by atoms with Crippen molar-refractivity contribution in [3.63, 3.8) is 0 Å². The van der Waals surface area contributed by atoms with Crippen LogP contribution in [-0.2, 0) is 9.53 Å². The summed E-state index contributed by atoms with van der Waals surface area (Å²) < 4.78 is 5.27. The van der Waals surface area contributed by atoms with E-state index in [-0.39, 0.29) is 11.9 Å². The first-order valence-corrected chi connectivity index (χ1v) is 5.16. The number of carbonyl (C=O) groups excluding carboxylic acids is 1. The van der Waals surface area contributed by atoms with Gasteiger partial charge in [-0.25, -0.2) is 0 Å². The number of hydrogen-bond acceptors (Lipinski definition) is 3. The maximum absolute atomic E-state index is 12.0. The van der Waals surface area contributed by atoms with Gasteiger partial charge in [-0.3, -0.25) is 4.79 Å². The van der Waals surface area contributed by atoms with E-state index in [0.717, 1.165) is 0 Å². The van der Waals surface area contributed by atoms with Gasteiger partial charge in [0.15, 0.2) is 0 Å². The van der Waals surface area contributed by atoms with Crippen molar-refractivity contribution in [2.24, 2.45) is 5.73 Å². The summed E-state index contributed by atoms with van der Waals surface area (Å²) >= 11 is 0. The topological polar surface area (TPSA) is 55.6 Å². The third-order valence-corrected chi connectivity index (χ3v) is 2.85. The van der Waals surface area contributed by atoms with E-state index in [1.165, 1.54) is 0 Å². The molecule has 1 heterocycles. The standard InChI is InChI=1S/C10H20N2O2/c1-4-10(3,11)9(13)12-5-6-14-7-8(12)2/h8H,4-7,11H2,1-3H3. The molecular weight excluding hydrogens is 180 g/mol. The number of ether oxygens (including phenoxy) is 1. The van der Waals surface area contributed by atoms with Crippen LogP contribution in [0.25, 0.3) is 0 Å². The van der Waals surface area contributed by atoms with E-state index in [1.807, 2.05) is 18.7 Å². The van der Waals surface area contributed by atoms with E-state index in [0.29, 0.717) is 26.2 Å². The molecule has 1 rings (SSSR count). The van der Waals surface area contributed by atoms with E-state index in [4.69, 9.17) is 10.5 Å². The van der Waals surface area contributed by atoms with Crippen LogP contribution in [0.4, 0.5) is 0 Å². The summed E-state index contributed by atoms with van der Waals surface area (Å²) in [6.07, 6.45) is 0.663. The minimum absolute atomic E-state index is 0.0378. The lowest BCUT2D eigenvalue weighted by atomic mass is 9.97. The van der Waals surface area contributed by atoms with E-state index in [2.05, 4.69) is 0 Å². The number of morpholine rings is 1. The molecule has 1 aliphatic heterocycles. The molecule has 4 nitrogen and oxygen atoms in total. The number of amides is 1. The Morgan fingerprint density at radius 3 is 2.86 bits per heavy atom. The summed E-state index contributed by atoms with van der Waals surface area (Å²) in [6.45, 7) is 7.61. The largest absolute Gasteiger partial charge is 0.377 e. The predicted molar refractivity (Wildman–Crippen MR) is 54.9 cm³/mol. The van der Waals surface area contributed by atoms with Crippen LogP contribution in [0.15, 0.2) is 0 Å². The first-order chi connectivity index (χ1) is 6.49. The Morgan fingerprint density at radius 1 is 1.71 bits per heavy atom. The SMILES string of the molecule is CCC(C)(N)C(=O)N1CCOCC1C. The molecule has 0 aromatic rings. The lowest BCUT2D eigenvalue weighted by Gasteiger charge is -2.38. The maximum Gasteiger partial charge on any atom is 0.242 e. The van der Waals surface area contributed by atoms with Gasteiger partial charge in [0.2, 0.25) is 5.91 Å². The Hall–Kier alpha value is -0.610. The molecule has 2 N–H and O–H groups in total. The summed E-state index contributed by atoms with van der Waals surface area (Å²) in [6, 6.07) is 0.144. The van der Waals surface area contributed by atoms with Crippen molar-refractivity contribution in [3.05, 3.63) is 0 Å². The highest BCUT2D eigenvalue weighted by Crippen LogP contribution is 2.15. The number of hydrogen-bond donors (Lipinski definition) is 1.